The molecule has 0 bridgehead atoms. The lowest BCUT2D eigenvalue weighted by atomic mass is 10.2. The zero-order valence-electron chi connectivity index (χ0n) is 9.37. The molecule has 1 aliphatic rings. The third-order valence-corrected chi connectivity index (χ3v) is 3.67. The van der Waals surface area contributed by atoms with Gasteiger partial charge in [-0.15, -0.1) is 0 Å². The molecule has 1 rings (SSSR count). The second kappa shape index (κ2) is 6.81. The summed E-state index contributed by atoms with van der Waals surface area (Å²) in [6, 6.07) is 0. The second-order valence-corrected chi connectivity index (χ2v) is 5.03. The minimum atomic E-state index is 0.612. The van der Waals surface area contributed by atoms with E-state index < -0.39 is 0 Å². The van der Waals surface area contributed by atoms with Crippen LogP contribution in [0.4, 0.5) is 0 Å². The Labute approximate surface area is 109 Å². The quantitative estimate of drug-likeness (QED) is 0.644. The molecule has 0 aromatic carbocycles. The molecule has 0 atom stereocenters. The van der Waals surface area contributed by atoms with Crippen LogP contribution in [0.5, 0.6) is 0 Å². The van der Waals surface area contributed by atoms with Gasteiger partial charge in [0.2, 0.25) is 0 Å². The first-order valence-electron chi connectivity index (χ1n) is 4.82. The van der Waals surface area contributed by atoms with Crippen LogP contribution in [0.25, 0.3) is 0 Å². The highest BCUT2D eigenvalue weighted by Gasteiger charge is 2.06. The van der Waals surface area contributed by atoms with E-state index in [2.05, 4.69) is 33.1 Å². The molecule has 0 fully saturated rings. The van der Waals surface area contributed by atoms with E-state index in [1.54, 1.807) is 25.9 Å². The molecular formula is C11H15BrN2OS. The number of thioether (sulfide) groups is 1. The van der Waals surface area contributed by atoms with Gasteiger partial charge < -0.3 is 10.5 Å². The Bertz CT molecular complexity index is 372. The van der Waals surface area contributed by atoms with E-state index in [0.717, 1.165) is 22.4 Å². The van der Waals surface area contributed by atoms with Crippen LogP contribution < -0.4 is 5.73 Å². The summed E-state index contributed by atoms with van der Waals surface area (Å²) in [4.78, 5) is 3.91. The molecule has 0 spiro atoms. The second-order valence-electron chi connectivity index (χ2n) is 3.18. The van der Waals surface area contributed by atoms with E-state index in [-0.39, 0.29) is 0 Å². The summed E-state index contributed by atoms with van der Waals surface area (Å²) >= 11 is 5.03. The van der Waals surface area contributed by atoms with Gasteiger partial charge in [0.1, 0.15) is 5.76 Å². The van der Waals surface area contributed by atoms with E-state index in [0.29, 0.717) is 5.17 Å². The maximum Gasteiger partial charge on any atom is 0.153 e. The lowest BCUT2D eigenvalue weighted by Gasteiger charge is -2.03. The number of aliphatic imine (C=N–C) groups is 1. The maximum atomic E-state index is 5.64. The number of methoxy groups -OCH3 is 1. The van der Waals surface area contributed by atoms with E-state index in [1.807, 2.05) is 6.08 Å². The Morgan fingerprint density at radius 1 is 1.69 bits per heavy atom. The molecule has 0 amide bonds. The number of hydrogen-bond donors (Lipinski definition) is 1. The van der Waals surface area contributed by atoms with Crippen molar-refractivity contribution in [3.63, 3.8) is 0 Å². The summed E-state index contributed by atoms with van der Waals surface area (Å²) in [5.74, 6) is 1.69. The van der Waals surface area contributed by atoms with Crippen LogP contribution in [0.1, 0.15) is 6.42 Å². The molecule has 0 aromatic rings. The minimum absolute atomic E-state index is 0.612. The summed E-state index contributed by atoms with van der Waals surface area (Å²) < 4.78 is 6.19. The van der Waals surface area contributed by atoms with Gasteiger partial charge >= 0.3 is 0 Å². The zero-order valence-corrected chi connectivity index (χ0v) is 11.8. The molecule has 0 saturated carbocycles. The van der Waals surface area contributed by atoms with E-state index >= 15 is 0 Å². The normalized spacial score (nSPS) is 17.2. The van der Waals surface area contributed by atoms with Crippen LogP contribution in [0.15, 0.2) is 39.0 Å². The number of nitrogens with zero attached hydrogens (tertiary/aromatic N) is 1. The van der Waals surface area contributed by atoms with Gasteiger partial charge in [0.25, 0.3) is 0 Å². The predicted molar refractivity (Wildman–Crippen MR) is 74.8 cm³/mol. The predicted octanol–water partition coefficient (Wildman–Crippen LogP) is 2.80. The Morgan fingerprint density at radius 3 is 3.06 bits per heavy atom. The molecule has 5 heteroatoms. The fourth-order valence-electron chi connectivity index (χ4n) is 1.20. The largest absolute Gasteiger partial charge is 0.496 e. The molecule has 3 nitrogen and oxygen atoms in total. The molecule has 0 unspecified atom stereocenters. The average molecular weight is 303 g/mol. The number of halogens is 1. The SMILES string of the molecule is CN=C(N)SCC1=CC(Br)=C(OC)C=CC1. The third-order valence-electron chi connectivity index (χ3n) is 2.06. The number of allylic oxidation sites excluding steroid dienone is 4. The van der Waals surface area contributed by atoms with Crippen molar-refractivity contribution in [3.05, 3.63) is 34.0 Å². The fourth-order valence-corrected chi connectivity index (χ4v) is 2.48. The van der Waals surface area contributed by atoms with Gasteiger partial charge in [0.05, 0.1) is 11.6 Å². The van der Waals surface area contributed by atoms with Crippen molar-refractivity contribution >= 4 is 32.9 Å². The molecule has 0 aromatic heterocycles. The van der Waals surface area contributed by atoms with Gasteiger partial charge in [-0.3, -0.25) is 4.99 Å². The van der Waals surface area contributed by atoms with Gasteiger partial charge in [0, 0.05) is 12.8 Å². The third kappa shape index (κ3) is 4.06. The van der Waals surface area contributed by atoms with E-state index in [4.69, 9.17) is 10.5 Å². The molecule has 1 aliphatic carbocycles. The molecular weight excluding hydrogens is 288 g/mol. The summed E-state index contributed by atoms with van der Waals surface area (Å²) in [7, 11) is 3.36. The van der Waals surface area contributed by atoms with Gasteiger partial charge in [0.15, 0.2) is 5.17 Å². The minimum Gasteiger partial charge on any atom is -0.496 e. The van der Waals surface area contributed by atoms with Crippen LogP contribution in [0.3, 0.4) is 0 Å². The first-order valence-corrected chi connectivity index (χ1v) is 6.60. The summed E-state index contributed by atoms with van der Waals surface area (Å²) in [6.07, 6.45) is 7.04. The van der Waals surface area contributed by atoms with E-state index in [9.17, 15) is 0 Å². The lowest BCUT2D eigenvalue weighted by Crippen LogP contribution is -2.07. The van der Waals surface area contributed by atoms with Gasteiger partial charge in [-0.05, 0) is 34.5 Å². The van der Waals surface area contributed by atoms with Crippen molar-refractivity contribution in [1.29, 1.82) is 0 Å². The zero-order chi connectivity index (χ0) is 12.0. The Balaban J connectivity index is 2.69. The summed E-state index contributed by atoms with van der Waals surface area (Å²) in [5.41, 5.74) is 6.92. The van der Waals surface area contributed by atoms with Crippen molar-refractivity contribution < 1.29 is 4.74 Å². The van der Waals surface area contributed by atoms with Crippen molar-refractivity contribution in [1.82, 2.24) is 0 Å². The van der Waals surface area contributed by atoms with Crippen molar-refractivity contribution in [2.45, 2.75) is 6.42 Å². The molecule has 0 radical (unpaired) electrons. The average Bonchev–Trinajstić information content (AvgIpc) is 2.47. The molecule has 88 valence electrons. The number of ether oxygens (including phenoxy) is 1. The van der Waals surface area contributed by atoms with Crippen molar-refractivity contribution in [3.8, 4) is 0 Å². The number of nitrogens with two attached hydrogens (primary N) is 1. The van der Waals surface area contributed by atoms with Gasteiger partial charge in [-0.1, -0.05) is 23.4 Å². The van der Waals surface area contributed by atoms with Gasteiger partial charge in [-0.2, -0.15) is 0 Å². The fraction of sp³-hybridized carbons (Fsp3) is 0.364. The van der Waals surface area contributed by atoms with Crippen LogP contribution in [-0.2, 0) is 4.74 Å². The molecule has 0 saturated heterocycles. The molecule has 2 N–H and O–H groups in total. The lowest BCUT2D eigenvalue weighted by molar-refractivity contribution is 0.306. The van der Waals surface area contributed by atoms with Crippen LogP contribution in [-0.4, -0.2) is 25.1 Å². The monoisotopic (exact) mass is 302 g/mol. The Kier molecular flexibility index (Phi) is 5.69. The number of amidine groups is 1. The van der Waals surface area contributed by atoms with Crippen molar-refractivity contribution in [2.75, 3.05) is 19.9 Å². The van der Waals surface area contributed by atoms with Crippen LogP contribution in [0.2, 0.25) is 0 Å². The standard InChI is InChI=1S/C11H15BrN2OS/c1-14-11(13)16-7-8-4-3-5-10(15-2)9(12)6-8/h3,5-6H,4,7H2,1-2H3,(H2,13,14). The summed E-state index contributed by atoms with van der Waals surface area (Å²) in [5, 5.41) is 0.612. The molecule has 0 aliphatic heterocycles. The highest BCUT2D eigenvalue weighted by Crippen LogP contribution is 2.24. The highest BCUT2D eigenvalue weighted by molar-refractivity contribution is 9.11. The Hall–Kier alpha value is -0.680. The molecule has 0 heterocycles. The van der Waals surface area contributed by atoms with Gasteiger partial charge in [-0.25, -0.2) is 0 Å². The smallest absolute Gasteiger partial charge is 0.153 e. The number of rotatable bonds is 3. The topological polar surface area (TPSA) is 47.6 Å². The highest BCUT2D eigenvalue weighted by atomic mass is 79.9. The van der Waals surface area contributed by atoms with Crippen molar-refractivity contribution in [2.24, 2.45) is 10.7 Å². The summed E-state index contributed by atoms with van der Waals surface area (Å²) in [6.45, 7) is 0. The van der Waals surface area contributed by atoms with Crippen LogP contribution in [0, 0.1) is 0 Å². The van der Waals surface area contributed by atoms with Crippen LogP contribution >= 0.6 is 27.7 Å². The molecule has 16 heavy (non-hydrogen) atoms. The van der Waals surface area contributed by atoms with E-state index in [1.165, 1.54) is 5.57 Å². The maximum absolute atomic E-state index is 5.64. The first-order chi connectivity index (χ1) is 7.67. The number of hydrogen-bond acceptors (Lipinski definition) is 3. The first kappa shape index (κ1) is 13.4. The Morgan fingerprint density at radius 2 is 2.44 bits per heavy atom.